The number of piperidine rings is 3. The maximum absolute atomic E-state index is 12.5. The van der Waals surface area contributed by atoms with Crippen molar-refractivity contribution in [1.82, 2.24) is 10.2 Å². The normalized spacial score (nSPS) is 26.7. The number of carbonyl (C=O) groups excluding carboxylic acids is 1. The van der Waals surface area contributed by atoms with Gasteiger partial charge in [-0.25, -0.2) is 0 Å². The SMILES string of the molecule is CCCCOc1cccc(C(=O)NC2CN3CCC2CC3)c1. The second kappa shape index (κ2) is 7.14. The van der Waals surface area contributed by atoms with Crippen LogP contribution in [-0.2, 0) is 0 Å². The number of amides is 1. The second-order valence-corrected chi connectivity index (χ2v) is 6.45. The van der Waals surface area contributed by atoms with Gasteiger partial charge >= 0.3 is 0 Å². The Hall–Kier alpha value is -1.55. The van der Waals surface area contributed by atoms with Crippen molar-refractivity contribution in [3.8, 4) is 5.75 Å². The lowest BCUT2D eigenvalue weighted by Crippen LogP contribution is -2.57. The molecule has 0 spiro atoms. The Morgan fingerprint density at radius 3 is 2.86 bits per heavy atom. The summed E-state index contributed by atoms with van der Waals surface area (Å²) in [5, 5.41) is 3.22. The molecule has 4 heteroatoms. The van der Waals surface area contributed by atoms with Crippen LogP contribution in [0, 0.1) is 5.92 Å². The zero-order valence-electron chi connectivity index (χ0n) is 13.4. The van der Waals surface area contributed by atoms with Crippen LogP contribution >= 0.6 is 0 Å². The zero-order chi connectivity index (χ0) is 15.4. The lowest BCUT2D eigenvalue weighted by molar-refractivity contribution is 0.0620. The lowest BCUT2D eigenvalue weighted by Gasteiger charge is -2.44. The number of rotatable bonds is 6. The third-order valence-electron chi connectivity index (χ3n) is 4.84. The molecule has 3 aliphatic rings. The topological polar surface area (TPSA) is 41.6 Å². The maximum Gasteiger partial charge on any atom is 0.251 e. The van der Waals surface area contributed by atoms with Crippen molar-refractivity contribution < 1.29 is 9.53 Å². The number of unbranched alkanes of at least 4 members (excludes halogenated alkanes) is 1. The van der Waals surface area contributed by atoms with Gasteiger partial charge in [0.25, 0.3) is 5.91 Å². The minimum Gasteiger partial charge on any atom is -0.494 e. The molecule has 120 valence electrons. The number of ether oxygens (including phenoxy) is 1. The van der Waals surface area contributed by atoms with Crippen molar-refractivity contribution >= 4 is 5.91 Å². The van der Waals surface area contributed by atoms with Crippen LogP contribution in [0.2, 0.25) is 0 Å². The van der Waals surface area contributed by atoms with E-state index in [9.17, 15) is 4.79 Å². The average molecular weight is 302 g/mol. The van der Waals surface area contributed by atoms with Gasteiger partial charge < -0.3 is 15.0 Å². The molecule has 0 radical (unpaired) electrons. The number of nitrogens with zero attached hydrogens (tertiary/aromatic N) is 1. The first kappa shape index (κ1) is 15.3. The van der Waals surface area contributed by atoms with Gasteiger partial charge in [0.2, 0.25) is 0 Å². The fourth-order valence-corrected chi connectivity index (χ4v) is 3.44. The summed E-state index contributed by atoms with van der Waals surface area (Å²) in [5.41, 5.74) is 0.699. The molecule has 1 aromatic rings. The van der Waals surface area contributed by atoms with Gasteiger partial charge in [-0.2, -0.15) is 0 Å². The molecule has 3 aliphatic heterocycles. The van der Waals surface area contributed by atoms with Crippen LogP contribution in [0.15, 0.2) is 24.3 Å². The molecule has 3 heterocycles. The summed E-state index contributed by atoms with van der Waals surface area (Å²) in [6, 6.07) is 7.84. The third kappa shape index (κ3) is 3.61. The van der Waals surface area contributed by atoms with Gasteiger partial charge in [-0.3, -0.25) is 4.79 Å². The highest BCUT2D eigenvalue weighted by Crippen LogP contribution is 2.27. The molecule has 1 atom stereocenters. The third-order valence-corrected chi connectivity index (χ3v) is 4.84. The van der Waals surface area contributed by atoms with Gasteiger partial charge in [0.15, 0.2) is 0 Å². The Kier molecular flexibility index (Phi) is 4.98. The summed E-state index contributed by atoms with van der Waals surface area (Å²) in [7, 11) is 0. The molecule has 1 aromatic carbocycles. The molecule has 1 amide bonds. The van der Waals surface area contributed by atoms with Crippen molar-refractivity contribution in [2.45, 2.75) is 38.6 Å². The predicted molar refractivity (Wildman–Crippen MR) is 87.3 cm³/mol. The van der Waals surface area contributed by atoms with Crippen LogP contribution in [0.1, 0.15) is 43.0 Å². The first-order valence-electron chi connectivity index (χ1n) is 8.52. The van der Waals surface area contributed by atoms with Crippen LogP contribution in [0.4, 0.5) is 0 Å². The first-order valence-corrected chi connectivity index (χ1v) is 8.52. The van der Waals surface area contributed by atoms with E-state index in [0.717, 1.165) is 25.1 Å². The van der Waals surface area contributed by atoms with Gasteiger partial charge in [0.1, 0.15) is 5.75 Å². The van der Waals surface area contributed by atoms with Crippen LogP contribution < -0.4 is 10.1 Å². The van der Waals surface area contributed by atoms with E-state index >= 15 is 0 Å². The van der Waals surface area contributed by atoms with Crippen LogP contribution in [0.5, 0.6) is 5.75 Å². The molecule has 3 saturated heterocycles. The molecule has 4 rings (SSSR count). The minimum absolute atomic E-state index is 0.0275. The van der Waals surface area contributed by atoms with E-state index in [1.165, 1.54) is 25.9 Å². The highest BCUT2D eigenvalue weighted by atomic mass is 16.5. The van der Waals surface area contributed by atoms with Gasteiger partial charge in [-0.15, -0.1) is 0 Å². The molecule has 0 aromatic heterocycles. The quantitative estimate of drug-likeness (QED) is 0.822. The van der Waals surface area contributed by atoms with Crippen molar-refractivity contribution in [1.29, 1.82) is 0 Å². The lowest BCUT2D eigenvalue weighted by atomic mass is 9.84. The molecule has 22 heavy (non-hydrogen) atoms. The van der Waals surface area contributed by atoms with Gasteiger partial charge in [-0.05, 0) is 56.5 Å². The Bertz CT molecular complexity index is 510. The van der Waals surface area contributed by atoms with E-state index < -0.39 is 0 Å². The predicted octanol–water partition coefficient (Wildman–Crippen LogP) is 2.69. The average Bonchev–Trinajstić information content (AvgIpc) is 2.56. The smallest absolute Gasteiger partial charge is 0.251 e. The van der Waals surface area contributed by atoms with E-state index in [-0.39, 0.29) is 5.91 Å². The van der Waals surface area contributed by atoms with Gasteiger partial charge in [0, 0.05) is 18.2 Å². The first-order chi connectivity index (χ1) is 10.8. The summed E-state index contributed by atoms with van der Waals surface area (Å²) < 4.78 is 5.69. The molecule has 0 saturated carbocycles. The molecule has 1 unspecified atom stereocenters. The number of carbonyl (C=O) groups is 1. The van der Waals surface area contributed by atoms with Crippen molar-refractivity contribution in [3.05, 3.63) is 29.8 Å². The standard InChI is InChI=1S/C18H26N2O2/c1-2-3-11-22-16-6-4-5-15(12-16)18(21)19-17-13-20-9-7-14(17)8-10-20/h4-6,12,14,17H,2-3,7-11,13H2,1H3,(H,19,21). The summed E-state index contributed by atoms with van der Waals surface area (Å²) in [6.07, 6.45) is 4.58. The highest BCUT2D eigenvalue weighted by molar-refractivity contribution is 5.94. The van der Waals surface area contributed by atoms with Gasteiger partial charge in [0.05, 0.1) is 6.61 Å². The van der Waals surface area contributed by atoms with Crippen molar-refractivity contribution in [2.75, 3.05) is 26.2 Å². The molecule has 4 nitrogen and oxygen atoms in total. The van der Waals surface area contributed by atoms with E-state index in [0.29, 0.717) is 24.1 Å². The summed E-state index contributed by atoms with van der Waals surface area (Å²) in [5.74, 6) is 1.47. The highest BCUT2D eigenvalue weighted by Gasteiger charge is 2.34. The van der Waals surface area contributed by atoms with Crippen LogP contribution in [0.25, 0.3) is 0 Å². The summed E-state index contributed by atoms with van der Waals surface area (Å²) in [4.78, 5) is 14.9. The fraction of sp³-hybridized carbons (Fsp3) is 0.611. The maximum atomic E-state index is 12.5. The van der Waals surface area contributed by atoms with Crippen molar-refractivity contribution in [2.24, 2.45) is 5.92 Å². The van der Waals surface area contributed by atoms with Gasteiger partial charge in [-0.1, -0.05) is 19.4 Å². The molecule has 2 bridgehead atoms. The van der Waals surface area contributed by atoms with E-state index in [2.05, 4.69) is 17.1 Å². The number of fused-ring (bicyclic) bond motifs is 3. The zero-order valence-corrected chi connectivity index (χ0v) is 13.4. The monoisotopic (exact) mass is 302 g/mol. The molecule has 1 N–H and O–H groups in total. The Labute approximate surface area is 132 Å². The molecular weight excluding hydrogens is 276 g/mol. The fourth-order valence-electron chi connectivity index (χ4n) is 3.44. The molecular formula is C18H26N2O2. The Morgan fingerprint density at radius 1 is 1.36 bits per heavy atom. The van der Waals surface area contributed by atoms with E-state index in [4.69, 9.17) is 4.74 Å². The second-order valence-electron chi connectivity index (χ2n) is 6.45. The molecule has 0 aliphatic carbocycles. The Morgan fingerprint density at radius 2 is 2.18 bits per heavy atom. The van der Waals surface area contributed by atoms with Crippen LogP contribution in [-0.4, -0.2) is 43.1 Å². The van der Waals surface area contributed by atoms with E-state index in [1.54, 1.807) is 0 Å². The minimum atomic E-state index is 0.0275. The van der Waals surface area contributed by atoms with E-state index in [1.807, 2.05) is 24.3 Å². The number of nitrogens with one attached hydrogen (secondary N) is 1. The largest absolute Gasteiger partial charge is 0.494 e. The number of hydrogen-bond acceptors (Lipinski definition) is 3. The summed E-state index contributed by atoms with van der Waals surface area (Å²) in [6.45, 7) is 6.24. The number of hydrogen-bond donors (Lipinski definition) is 1. The van der Waals surface area contributed by atoms with Crippen molar-refractivity contribution in [3.63, 3.8) is 0 Å². The Balaban J connectivity index is 1.58. The molecule has 3 fully saturated rings. The summed E-state index contributed by atoms with van der Waals surface area (Å²) >= 11 is 0. The van der Waals surface area contributed by atoms with Crippen LogP contribution in [0.3, 0.4) is 0 Å². The number of benzene rings is 1.